The fourth-order valence-electron chi connectivity index (χ4n) is 2.64. The number of sulfone groups is 1. The van der Waals surface area contributed by atoms with Gasteiger partial charge in [-0.1, -0.05) is 35.9 Å². The van der Waals surface area contributed by atoms with Crippen molar-refractivity contribution in [2.45, 2.75) is 29.9 Å². The first kappa shape index (κ1) is 18.5. The van der Waals surface area contributed by atoms with E-state index in [1.165, 1.54) is 38.1 Å². The van der Waals surface area contributed by atoms with Crippen LogP contribution < -0.4 is 0 Å². The van der Waals surface area contributed by atoms with Gasteiger partial charge in [-0.05, 0) is 50.2 Å². The second-order valence-electron chi connectivity index (χ2n) is 6.56. The first-order valence-electron chi connectivity index (χ1n) is 8.10. The van der Waals surface area contributed by atoms with Crippen LogP contribution in [0.25, 0.3) is 10.9 Å². The molecule has 0 aliphatic carbocycles. The van der Waals surface area contributed by atoms with E-state index in [9.17, 15) is 13.2 Å². The van der Waals surface area contributed by atoms with Crippen LogP contribution in [0.1, 0.15) is 19.5 Å². The number of ketones is 1. The average Bonchev–Trinajstić information content (AvgIpc) is 2.61. The monoisotopic (exact) mass is 387 g/mol. The maximum Gasteiger partial charge on any atom is 0.190 e. The average molecular weight is 388 g/mol. The zero-order chi connectivity index (χ0) is 18.9. The van der Waals surface area contributed by atoms with E-state index in [0.717, 1.165) is 10.9 Å². The van der Waals surface area contributed by atoms with Gasteiger partial charge in [0.25, 0.3) is 0 Å². The normalized spacial score (nSPS) is 12.3. The summed E-state index contributed by atoms with van der Waals surface area (Å²) in [6, 6.07) is 17.0. The third-order valence-corrected chi connectivity index (χ3v) is 7.18. The molecule has 26 heavy (non-hydrogen) atoms. The highest BCUT2D eigenvalue weighted by molar-refractivity contribution is 7.93. The molecule has 0 radical (unpaired) electrons. The number of Topliss-reactive ketones (excluding diaryl/α,β-unsaturated/α-hetero) is 1. The highest BCUT2D eigenvalue weighted by Crippen LogP contribution is 2.28. The Bertz CT molecular complexity index is 1070. The van der Waals surface area contributed by atoms with Crippen LogP contribution in [0.5, 0.6) is 0 Å². The molecule has 2 aromatic carbocycles. The van der Waals surface area contributed by atoms with Crippen LogP contribution in [0.3, 0.4) is 0 Å². The minimum absolute atomic E-state index is 0.0509. The lowest BCUT2D eigenvalue weighted by atomic mass is 10.0. The molecular formula is C20H18ClNO3S. The van der Waals surface area contributed by atoms with E-state index in [1.54, 1.807) is 6.07 Å². The van der Waals surface area contributed by atoms with Crippen LogP contribution in [0.4, 0.5) is 0 Å². The number of rotatable bonds is 5. The molecule has 6 heteroatoms. The number of carbonyl (C=O) groups excluding carboxylic acids is 1. The molecule has 0 amide bonds. The summed E-state index contributed by atoms with van der Waals surface area (Å²) in [6.45, 7) is 2.86. The highest BCUT2D eigenvalue weighted by Gasteiger charge is 2.42. The van der Waals surface area contributed by atoms with E-state index in [4.69, 9.17) is 11.6 Å². The second-order valence-corrected chi connectivity index (χ2v) is 9.50. The number of hydrogen-bond acceptors (Lipinski definition) is 4. The Labute approximate surface area is 157 Å². The Morgan fingerprint density at radius 2 is 1.65 bits per heavy atom. The van der Waals surface area contributed by atoms with Crippen LogP contribution in [0, 0.1) is 0 Å². The maximum atomic E-state index is 12.9. The maximum absolute atomic E-state index is 12.9. The van der Waals surface area contributed by atoms with Crippen molar-refractivity contribution in [2.24, 2.45) is 0 Å². The van der Waals surface area contributed by atoms with Crippen molar-refractivity contribution >= 4 is 38.1 Å². The number of benzene rings is 2. The molecule has 0 saturated heterocycles. The standard InChI is InChI=1S/C20H18ClNO3S/c1-20(2,26(24,25)17-11-8-15(21)9-12-17)19(23)13-16-10-7-14-5-3-4-6-18(14)22-16/h3-12H,13H2,1-2H3. The van der Waals surface area contributed by atoms with Gasteiger partial charge in [0.15, 0.2) is 15.6 Å². The number of aromatic nitrogens is 1. The molecular weight excluding hydrogens is 370 g/mol. The molecule has 0 aliphatic heterocycles. The molecule has 134 valence electrons. The van der Waals surface area contributed by atoms with Crippen molar-refractivity contribution in [1.82, 2.24) is 4.98 Å². The van der Waals surface area contributed by atoms with Gasteiger partial charge < -0.3 is 0 Å². The summed E-state index contributed by atoms with van der Waals surface area (Å²) in [5.74, 6) is -0.407. The van der Waals surface area contributed by atoms with Crippen molar-refractivity contribution in [3.63, 3.8) is 0 Å². The summed E-state index contributed by atoms with van der Waals surface area (Å²) in [4.78, 5) is 17.3. The smallest absolute Gasteiger partial charge is 0.190 e. The summed E-state index contributed by atoms with van der Waals surface area (Å²) in [6.07, 6.45) is -0.0509. The van der Waals surface area contributed by atoms with Crippen molar-refractivity contribution in [2.75, 3.05) is 0 Å². The van der Waals surface area contributed by atoms with Gasteiger partial charge in [-0.2, -0.15) is 0 Å². The quantitative estimate of drug-likeness (QED) is 0.656. The fraction of sp³-hybridized carbons (Fsp3) is 0.200. The Morgan fingerprint density at radius 3 is 2.35 bits per heavy atom. The van der Waals surface area contributed by atoms with Crippen molar-refractivity contribution in [3.05, 3.63) is 71.4 Å². The van der Waals surface area contributed by atoms with Gasteiger partial charge in [0, 0.05) is 16.1 Å². The van der Waals surface area contributed by atoms with Crippen LogP contribution in [0.2, 0.25) is 5.02 Å². The largest absolute Gasteiger partial charge is 0.298 e. The van der Waals surface area contributed by atoms with Crippen LogP contribution in [-0.4, -0.2) is 23.9 Å². The van der Waals surface area contributed by atoms with Gasteiger partial charge in [-0.25, -0.2) is 8.42 Å². The summed E-state index contributed by atoms with van der Waals surface area (Å²) < 4.78 is 24.3. The SMILES string of the molecule is CC(C)(C(=O)Cc1ccc2ccccc2n1)S(=O)(=O)c1ccc(Cl)cc1. The molecule has 0 aliphatic rings. The Kier molecular flexibility index (Phi) is 4.86. The zero-order valence-corrected chi connectivity index (χ0v) is 16.0. The lowest BCUT2D eigenvalue weighted by Gasteiger charge is -2.23. The molecule has 0 fully saturated rings. The van der Waals surface area contributed by atoms with Gasteiger partial charge >= 0.3 is 0 Å². The van der Waals surface area contributed by atoms with Crippen molar-refractivity contribution < 1.29 is 13.2 Å². The van der Waals surface area contributed by atoms with E-state index in [2.05, 4.69) is 4.98 Å². The summed E-state index contributed by atoms with van der Waals surface area (Å²) >= 11 is 5.82. The Morgan fingerprint density at radius 1 is 1.00 bits per heavy atom. The number of fused-ring (bicyclic) bond motifs is 1. The minimum atomic E-state index is -3.85. The zero-order valence-electron chi connectivity index (χ0n) is 14.4. The third-order valence-electron chi connectivity index (χ3n) is 4.47. The summed E-state index contributed by atoms with van der Waals surface area (Å²) in [5.41, 5.74) is 1.32. The number of halogens is 1. The minimum Gasteiger partial charge on any atom is -0.298 e. The second kappa shape index (κ2) is 6.82. The van der Waals surface area contributed by atoms with E-state index >= 15 is 0 Å². The molecule has 0 spiro atoms. The van der Waals surface area contributed by atoms with Crippen LogP contribution in [0.15, 0.2) is 65.6 Å². The molecule has 0 bridgehead atoms. The van der Waals surface area contributed by atoms with Gasteiger partial charge in [0.05, 0.1) is 16.8 Å². The van der Waals surface area contributed by atoms with Gasteiger partial charge in [-0.15, -0.1) is 0 Å². The van der Waals surface area contributed by atoms with E-state index in [1.807, 2.05) is 30.3 Å². The van der Waals surface area contributed by atoms with Gasteiger partial charge in [0.2, 0.25) is 0 Å². The number of hydrogen-bond donors (Lipinski definition) is 0. The topological polar surface area (TPSA) is 64.1 Å². The number of nitrogens with zero attached hydrogens (tertiary/aromatic N) is 1. The lowest BCUT2D eigenvalue weighted by Crippen LogP contribution is -2.41. The lowest BCUT2D eigenvalue weighted by molar-refractivity contribution is -0.120. The Hall–Kier alpha value is -2.24. The number of carbonyl (C=O) groups is 1. The van der Waals surface area contributed by atoms with Crippen LogP contribution in [-0.2, 0) is 21.1 Å². The number of para-hydroxylation sites is 1. The van der Waals surface area contributed by atoms with E-state index in [-0.39, 0.29) is 11.3 Å². The summed E-state index contributed by atoms with van der Waals surface area (Å²) in [5, 5.41) is 1.41. The Balaban J connectivity index is 1.90. The molecule has 3 aromatic rings. The molecule has 0 unspecified atom stereocenters. The molecule has 0 saturated carbocycles. The van der Waals surface area contributed by atoms with Crippen LogP contribution >= 0.6 is 11.6 Å². The molecule has 1 aromatic heterocycles. The van der Waals surface area contributed by atoms with Crippen molar-refractivity contribution in [3.8, 4) is 0 Å². The van der Waals surface area contributed by atoms with Crippen molar-refractivity contribution in [1.29, 1.82) is 0 Å². The highest BCUT2D eigenvalue weighted by atomic mass is 35.5. The molecule has 3 rings (SSSR count). The fourth-order valence-corrected chi connectivity index (χ4v) is 4.22. The molecule has 0 atom stereocenters. The predicted octanol–water partition coefficient (Wildman–Crippen LogP) is 4.25. The van der Waals surface area contributed by atoms with Gasteiger partial charge in [0.1, 0.15) is 4.75 Å². The molecule has 4 nitrogen and oxygen atoms in total. The summed E-state index contributed by atoms with van der Waals surface area (Å²) in [7, 11) is -3.85. The molecule has 0 N–H and O–H groups in total. The van der Waals surface area contributed by atoms with E-state index in [0.29, 0.717) is 10.7 Å². The molecule has 1 heterocycles. The van der Waals surface area contributed by atoms with Gasteiger partial charge in [-0.3, -0.25) is 9.78 Å². The first-order valence-corrected chi connectivity index (χ1v) is 9.96. The first-order chi connectivity index (χ1) is 12.2. The third kappa shape index (κ3) is 3.37. The van der Waals surface area contributed by atoms with E-state index < -0.39 is 20.4 Å². The predicted molar refractivity (Wildman–Crippen MR) is 103 cm³/mol. The number of pyridine rings is 1.